The standard InChI is InChI=1S/C16H20N4OS/c1-3-19-8-10-20(11-9-19)16(21)14-12(2)18-15(22-14)13-4-6-17-7-5-13/h4-7H,3,8-11H2,1-2H3. The minimum atomic E-state index is 0.117. The van der Waals surface area contributed by atoms with Crippen LogP contribution in [0.1, 0.15) is 22.3 Å². The van der Waals surface area contributed by atoms with Crippen LogP contribution >= 0.6 is 11.3 Å². The lowest BCUT2D eigenvalue weighted by Gasteiger charge is -2.33. The van der Waals surface area contributed by atoms with Gasteiger partial charge in [-0.2, -0.15) is 0 Å². The molecule has 0 saturated carbocycles. The van der Waals surface area contributed by atoms with E-state index in [0.29, 0.717) is 0 Å². The number of piperazine rings is 1. The van der Waals surface area contributed by atoms with Crippen LogP contribution in [0.15, 0.2) is 24.5 Å². The molecule has 1 amide bonds. The van der Waals surface area contributed by atoms with Gasteiger partial charge in [-0.1, -0.05) is 6.92 Å². The Bertz CT molecular complexity index is 647. The Morgan fingerprint density at radius 2 is 1.91 bits per heavy atom. The number of pyridine rings is 1. The van der Waals surface area contributed by atoms with Crippen LogP contribution in [-0.2, 0) is 0 Å². The monoisotopic (exact) mass is 316 g/mol. The summed E-state index contributed by atoms with van der Waals surface area (Å²) in [5.74, 6) is 0.117. The zero-order chi connectivity index (χ0) is 15.5. The molecule has 0 N–H and O–H groups in total. The van der Waals surface area contributed by atoms with Crippen molar-refractivity contribution in [3.63, 3.8) is 0 Å². The number of amides is 1. The number of nitrogens with zero attached hydrogens (tertiary/aromatic N) is 4. The minimum absolute atomic E-state index is 0.117. The summed E-state index contributed by atoms with van der Waals surface area (Å²) in [6, 6.07) is 3.85. The first-order valence-electron chi connectivity index (χ1n) is 7.58. The SMILES string of the molecule is CCN1CCN(C(=O)c2sc(-c3ccncc3)nc2C)CC1. The van der Waals surface area contributed by atoms with Crippen molar-refractivity contribution in [2.24, 2.45) is 0 Å². The summed E-state index contributed by atoms with van der Waals surface area (Å²) in [6.07, 6.45) is 3.50. The van der Waals surface area contributed by atoms with Gasteiger partial charge in [0.2, 0.25) is 0 Å². The van der Waals surface area contributed by atoms with Gasteiger partial charge >= 0.3 is 0 Å². The largest absolute Gasteiger partial charge is 0.335 e. The maximum atomic E-state index is 12.7. The summed E-state index contributed by atoms with van der Waals surface area (Å²) in [6.45, 7) is 8.63. The molecule has 3 heterocycles. The third-order valence-corrected chi connectivity index (χ3v) is 5.22. The molecule has 116 valence electrons. The number of carbonyl (C=O) groups excluding carboxylic acids is 1. The first kappa shape index (κ1) is 15.1. The highest BCUT2D eigenvalue weighted by molar-refractivity contribution is 7.17. The molecule has 0 aliphatic carbocycles. The van der Waals surface area contributed by atoms with Gasteiger partial charge in [-0.05, 0) is 25.6 Å². The fourth-order valence-electron chi connectivity index (χ4n) is 2.62. The van der Waals surface area contributed by atoms with Gasteiger partial charge in [-0.15, -0.1) is 11.3 Å². The van der Waals surface area contributed by atoms with Gasteiger partial charge in [0.05, 0.1) is 5.69 Å². The van der Waals surface area contributed by atoms with Gasteiger partial charge in [0.25, 0.3) is 5.91 Å². The van der Waals surface area contributed by atoms with Crippen LogP contribution in [0.25, 0.3) is 10.6 Å². The lowest BCUT2D eigenvalue weighted by molar-refractivity contribution is 0.0647. The Labute approximate surface area is 134 Å². The fraction of sp³-hybridized carbons (Fsp3) is 0.438. The summed E-state index contributed by atoms with van der Waals surface area (Å²) in [5, 5.41) is 0.885. The third-order valence-electron chi connectivity index (χ3n) is 4.02. The van der Waals surface area contributed by atoms with Crippen LogP contribution in [0.5, 0.6) is 0 Å². The highest BCUT2D eigenvalue weighted by atomic mass is 32.1. The van der Waals surface area contributed by atoms with Gasteiger partial charge in [-0.25, -0.2) is 4.98 Å². The van der Waals surface area contributed by atoms with Crippen molar-refractivity contribution in [1.29, 1.82) is 0 Å². The smallest absolute Gasteiger partial charge is 0.265 e. The van der Waals surface area contributed by atoms with E-state index in [4.69, 9.17) is 0 Å². The number of thiazole rings is 1. The second-order valence-electron chi connectivity index (χ2n) is 5.40. The van der Waals surface area contributed by atoms with Crippen LogP contribution in [0, 0.1) is 6.92 Å². The number of aromatic nitrogens is 2. The molecule has 1 aliphatic rings. The average molecular weight is 316 g/mol. The number of hydrogen-bond donors (Lipinski definition) is 0. The Morgan fingerprint density at radius 3 is 2.55 bits per heavy atom. The van der Waals surface area contributed by atoms with Crippen molar-refractivity contribution < 1.29 is 4.79 Å². The first-order valence-corrected chi connectivity index (χ1v) is 8.40. The lowest BCUT2D eigenvalue weighted by atomic mass is 10.2. The molecular weight excluding hydrogens is 296 g/mol. The van der Waals surface area contributed by atoms with E-state index in [2.05, 4.69) is 21.8 Å². The van der Waals surface area contributed by atoms with Crippen LogP contribution < -0.4 is 0 Å². The second kappa shape index (κ2) is 6.54. The van der Waals surface area contributed by atoms with Gasteiger partial charge in [0.15, 0.2) is 0 Å². The quantitative estimate of drug-likeness (QED) is 0.872. The van der Waals surface area contributed by atoms with Crippen LogP contribution in [0.3, 0.4) is 0 Å². The molecule has 2 aromatic rings. The van der Waals surface area contributed by atoms with Crippen molar-refractivity contribution in [3.05, 3.63) is 35.1 Å². The molecule has 0 unspecified atom stereocenters. The fourth-order valence-corrected chi connectivity index (χ4v) is 3.66. The predicted molar refractivity (Wildman–Crippen MR) is 88.1 cm³/mol. The molecular formula is C16H20N4OS. The Hall–Kier alpha value is -1.79. The van der Waals surface area contributed by atoms with E-state index in [1.54, 1.807) is 12.4 Å². The highest BCUT2D eigenvalue weighted by Gasteiger charge is 2.25. The molecule has 2 aromatic heterocycles. The molecule has 1 fully saturated rings. The zero-order valence-electron chi connectivity index (χ0n) is 13.0. The van der Waals surface area contributed by atoms with Gasteiger partial charge in [0.1, 0.15) is 9.88 Å². The summed E-state index contributed by atoms with van der Waals surface area (Å²) in [5.41, 5.74) is 1.83. The minimum Gasteiger partial charge on any atom is -0.335 e. The normalized spacial score (nSPS) is 16.0. The highest BCUT2D eigenvalue weighted by Crippen LogP contribution is 2.28. The summed E-state index contributed by atoms with van der Waals surface area (Å²) in [7, 11) is 0. The predicted octanol–water partition coefficient (Wildman–Crippen LogP) is 2.29. The summed E-state index contributed by atoms with van der Waals surface area (Å²) < 4.78 is 0. The van der Waals surface area contributed by atoms with Gasteiger partial charge < -0.3 is 9.80 Å². The van der Waals surface area contributed by atoms with Crippen LogP contribution in [0.2, 0.25) is 0 Å². The van der Waals surface area contributed by atoms with E-state index in [1.165, 1.54) is 11.3 Å². The molecule has 3 rings (SSSR count). The van der Waals surface area contributed by atoms with E-state index in [9.17, 15) is 4.79 Å². The lowest BCUT2D eigenvalue weighted by Crippen LogP contribution is -2.48. The molecule has 0 aromatic carbocycles. The Kier molecular flexibility index (Phi) is 4.49. The van der Waals surface area contributed by atoms with E-state index >= 15 is 0 Å². The Morgan fingerprint density at radius 1 is 1.23 bits per heavy atom. The average Bonchev–Trinajstić information content (AvgIpc) is 2.97. The van der Waals surface area contributed by atoms with E-state index in [-0.39, 0.29) is 5.91 Å². The zero-order valence-corrected chi connectivity index (χ0v) is 13.8. The van der Waals surface area contributed by atoms with Crippen molar-refractivity contribution in [2.45, 2.75) is 13.8 Å². The number of aryl methyl sites for hydroxylation is 1. The molecule has 0 atom stereocenters. The van der Waals surface area contributed by atoms with Crippen molar-refractivity contribution >= 4 is 17.2 Å². The molecule has 0 spiro atoms. The van der Waals surface area contributed by atoms with Crippen molar-refractivity contribution in [3.8, 4) is 10.6 Å². The Balaban J connectivity index is 1.78. The molecule has 0 radical (unpaired) electrons. The third kappa shape index (κ3) is 3.03. The first-order chi connectivity index (χ1) is 10.7. The molecule has 5 nitrogen and oxygen atoms in total. The summed E-state index contributed by atoms with van der Waals surface area (Å²) >= 11 is 1.48. The van der Waals surface area contributed by atoms with Crippen LogP contribution in [0.4, 0.5) is 0 Å². The molecule has 6 heteroatoms. The summed E-state index contributed by atoms with van der Waals surface area (Å²) in [4.78, 5) is 26.4. The van der Waals surface area contributed by atoms with E-state index in [0.717, 1.165) is 53.9 Å². The maximum Gasteiger partial charge on any atom is 0.265 e. The number of likely N-dealkylation sites (N-methyl/N-ethyl adjacent to an activating group) is 1. The van der Waals surface area contributed by atoms with Gasteiger partial charge in [0, 0.05) is 44.1 Å². The van der Waals surface area contributed by atoms with Crippen molar-refractivity contribution in [2.75, 3.05) is 32.7 Å². The second-order valence-corrected chi connectivity index (χ2v) is 6.39. The maximum absolute atomic E-state index is 12.7. The van der Waals surface area contributed by atoms with Crippen molar-refractivity contribution in [1.82, 2.24) is 19.8 Å². The van der Waals surface area contributed by atoms with Gasteiger partial charge in [-0.3, -0.25) is 9.78 Å². The molecule has 1 aliphatic heterocycles. The number of carbonyl (C=O) groups is 1. The molecule has 0 bridgehead atoms. The molecule has 1 saturated heterocycles. The van der Waals surface area contributed by atoms with Crippen LogP contribution in [-0.4, -0.2) is 58.4 Å². The van der Waals surface area contributed by atoms with E-state index in [1.807, 2.05) is 24.0 Å². The number of rotatable bonds is 3. The topological polar surface area (TPSA) is 49.3 Å². The number of hydrogen-bond acceptors (Lipinski definition) is 5. The molecule has 22 heavy (non-hydrogen) atoms. The van der Waals surface area contributed by atoms with E-state index < -0.39 is 0 Å².